The van der Waals surface area contributed by atoms with E-state index in [2.05, 4.69) is 0 Å². The average Bonchev–Trinajstić information content (AvgIpc) is 2.95. The van der Waals surface area contributed by atoms with Gasteiger partial charge in [-0.1, -0.05) is 46.0 Å². The number of carbonyl (C=O) groups excluding carboxylic acids is 3. The molecule has 3 fully saturated rings. The smallest absolute Gasteiger partial charge is 0.335 e. The van der Waals surface area contributed by atoms with Crippen LogP contribution in [0.3, 0.4) is 0 Å². The van der Waals surface area contributed by atoms with E-state index in [-0.39, 0.29) is 35.6 Å². The summed E-state index contributed by atoms with van der Waals surface area (Å²) < 4.78 is -0.834. The van der Waals surface area contributed by atoms with Gasteiger partial charge < -0.3 is 21.7 Å². The lowest BCUT2D eigenvalue weighted by atomic mass is 9.61. The van der Waals surface area contributed by atoms with Crippen molar-refractivity contribution in [3.05, 3.63) is 29.3 Å². The van der Waals surface area contributed by atoms with E-state index >= 15 is 4.79 Å². The fourth-order valence-corrected chi connectivity index (χ4v) is 8.73. The number of nitrogens with zero attached hydrogens (tertiary/aromatic N) is 1. The molecular formula is C31H44N3O7+. The molecule has 0 spiro atoms. The van der Waals surface area contributed by atoms with Crippen LogP contribution in [0, 0.1) is 17.8 Å². The SMILES string of the molecule is CC1CCCCC1(C(N)=O)[N+](C(=O)C1CCCCC1)(c1cc(C(=O)O)cc(C(=O)O)c1)C1(C(N)=O)CCCCC1C. The summed E-state index contributed by atoms with van der Waals surface area (Å²) >= 11 is 0. The van der Waals surface area contributed by atoms with Crippen molar-refractivity contribution in [2.45, 2.75) is 108 Å². The van der Waals surface area contributed by atoms with Crippen LogP contribution in [0.2, 0.25) is 0 Å². The Balaban J connectivity index is 2.29. The molecular weight excluding hydrogens is 526 g/mol. The second-order valence-corrected chi connectivity index (χ2v) is 12.6. The molecule has 3 amide bonds. The number of rotatable bonds is 8. The molecule has 224 valence electrons. The predicted octanol–water partition coefficient (Wildman–Crippen LogP) is 4.37. The number of hydrogen-bond donors (Lipinski definition) is 4. The van der Waals surface area contributed by atoms with Crippen LogP contribution in [0.5, 0.6) is 0 Å². The van der Waals surface area contributed by atoms with Crippen LogP contribution in [0.25, 0.3) is 0 Å². The first-order valence-corrected chi connectivity index (χ1v) is 15.0. The van der Waals surface area contributed by atoms with Crippen LogP contribution < -0.4 is 16.0 Å². The van der Waals surface area contributed by atoms with Crippen molar-refractivity contribution in [3.63, 3.8) is 0 Å². The lowest BCUT2D eigenvalue weighted by molar-refractivity contribution is -0.177. The van der Waals surface area contributed by atoms with E-state index in [0.29, 0.717) is 38.5 Å². The molecule has 0 saturated heterocycles. The summed E-state index contributed by atoms with van der Waals surface area (Å²) in [5.74, 6) is -6.08. The molecule has 3 aliphatic carbocycles. The number of hydrogen-bond acceptors (Lipinski definition) is 5. The van der Waals surface area contributed by atoms with Gasteiger partial charge in [0.1, 0.15) is 5.69 Å². The van der Waals surface area contributed by atoms with Crippen molar-refractivity contribution in [2.24, 2.45) is 29.2 Å². The number of amides is 3. The maximum absolute atomic E-state index is 15.6. The minimum absolute atomic E-state index is 0.0120. The van der Waals surface area contributed by atoms with Gasteiger partial charge in [-0.2, -0.15) is 0 Å². The number of carboxylic acids is 2. The van der Waals surface area contributed by atoms with Gasteiger partial charge in [-0.3, -0.25) is 9.59 Å². The summed E-state index contributed by atoms with van der Waals surface area (Å²) in [6.45, 7) is 3.73. The van der Waals surface area contributed by atoms with Gasteiger partial charge in [0.2, 0.25) is 0 Å². The van der Waals surface area contributed by atoms with Crippen LogP contribution in [0.4, 0.5) is 5.69 Å². The maximum atomic E-state index is 15.6. The molecule has 4 unspecified atom stereocenters. The van der Waals surface area contributed by atoms with E-state index in [1.165, 1.54) is 12.1 Å². The Morgan fingerprint density at radius 3 is 1.46 bits per heavy atom. The number of primary amides is 2. The minimum Gasteiger partial charge on any atom is -0.478 e. The molecule has 0 radical (unpaired) electrons. The normalized spacial score (nSPS) is 30.6. The molecule has 3 saturated carbocycles. The number of carbonyl (C=O) groups is 5. The summed E-state index contributed by atoms with van der Waals surface area (Å²) in [5, 5.41) is 20.1. The Labute approximate surface area is 241 Å². The zero-order chi connectivity index (χ0) is 30.2. The lowest BCUT2D eigenvalue weighted by Gasteiger charge is -2.63. The van der Waals surface area contributed by atoms with Gasteiger partial charge in [-0.25, -0.2) is 18.9 Å². The van der Waals surface area contributed by atoms with Gasteiger partial charge in [-0.15, -0.1) is 0 Å². The van der Waals surface area contributed by atoms with Crippen LogP contribution >= 0.6 is 0 Å². The van der Waals surface area contributed by atoms with Crippen molar-refractivity contribution < 1.29 is 34.2 Å². The van der Waals surface area contributed by atoms with Gasteiger partial charge in [0.05, 0.1) is 17.0 Å². The summed E-state index contributed by atoms with van der Waals surface area (Å²) in [4.78, 5) is 68.5. The number of aromatic carboxylic acids is 2. The van der Waals surface area contributed by atoms with Gasteiger partial charge in [0, 0.05) is 36.8 Å². The highest BCUT2D eigenvalue weighted by molar-refractivity contribution is 6.08. The zero-order valence-corrected chi connectivity index (χ0v) is 24.2. The molecule has 10 heteroatoms. The Kier molecular flexibility index (Phi) is 8.64. The van der Waals surface area contributed by atoms with Crippen LogP contribution in [-0.2, 0) is 14.4 Å². The molecule has 41 heavy (non-hydrogen) atoms. The third-order valence-electron chi connectivity index (χ3n) is 10.7. The molecule has 10 nitrogen and oxygen atoms in total. The van der Waals surface area contributed by atoms with Gasteiger partial charge in [0.25, 0.3) is 11.8 Å². The van der Waals surface area contributed by atoms with Crippen molar-refractivity contribution in [1.82, 2.24) is 4.48 Å². The first kappa shape index (κ1) is 30.7. The molecule has 0 heterocycles. The second kappa shape index (κ2) is 11.5. The minimum atomic E-state index is -1.64. The molecule has 0 aromatic heterocycles. The zero-order valence-electron chi connectivity index (χ0n) is 24.2. The summed E-state index contributed by atoms with van der Waals surface area (Å²) in [6, 6.07) is 3.61. The molecule has 4 rings (SSSR count). The van der Waals surface area contributed by atoms with Gasteiger partial charge in [-0.05, 0) is 44.6 Å². The van der Waals surface area contributed by atoms with Gasteiger partial charge in [0.15, 0.2) is 11.1 Å². The molecule has 6 N–H and O–H groups in total. The number of benzene rings is 1. The predicted molar refractivity (Wildman–Crippen MR) is 153 cm³/mol. The molecule has 3 aliphatic rings. The van der Waals surface area contributed by atoms with Crippen molar-refractivity contribution in [3.8, 4) is 0 Å². The van der Waals surface area contributed by atoms with E-state index in [1.54, 1.807) is 0 Å². The highest BCUT2D eigenvalue weighted by Gasteiger charge is 2.76. The molecule has 0 aliphatic heterocycles. The van der Waals surface area contributed by atoms with E-state index in [9.17, 15) is 29.4 Å². The summed E-state index contributed by atoms with van der Waals surface area (Å²) in [6.07, 6.45) is 7.90. The van der Waals surface area contributed by atoms with Crippen LogP contribution in [0.1, 0.15) is 118 Å². The van der Waals surface area contributed by atoms with Crippen LogP contribution in [0.15, 0.2) is 18.2 Å². The van der Waals surface area contributed by atoms with E-state index in [1.807, 2.05) is 13.8 Å². The first-order chi connectivity index (χ1) is 19.4. The molecule has 0 bridgehead atoms. The average molecular weight is 571 g/mol. The lowest BCUT2D eigenvalue weighted by Crippen LogP contribution is -2.88. The summed E-state index contributed by atoms with van der Waals surface area (Å²) in [5.41, 5.74) is 8.85. The third kappa shape index (κ3) is 4.54. The number of nitrogens with two attached hydrogens (primary N) is 2. The Hall–Kier alpha value is -3.27. The first-order valence-electron chi connectivity index (χ1n) is 15.0. The monoisotopic (exact) mass is 570 g/mol. The Bertz CT molecular complexity index is 1170. The maximum Gasteiger partial charge on any atom is 0.335 e. The largest absolute Gasteiger partial charge is 0.478 e. The van der Waals surface area contributed by atoms with E-state index < -0.39 is 57.1 Å². The van der Waals surface area contributed by atoms with Crippen LogP contribution in [-0.4, -0.2) is 51.0 Å². The standard InChI is InChI=1S/C31H43N3O7/c1-19-10-6-8-14-30(19,28(32)40)34(25(35)21-12-4-3-5-13-21,31(29(33)41)15-9-7-11-20(31)2)24-17-22(26(36)37)16-23(18-24)27(38)39/h16-21H,3-15H2,1-2H3,(H5-,32,33,36,37,38,39,40,41)/p+1. The van der Waals surface area contributed by atoms with E-state index in [0.717, 1.165) is 38.2 Å². The van der Waals surface area contributed by atoms with Crippen molar-refractivity contribution in [1.29, 1.82) is 0 Å². The fraction of sp³-hybridized carbons (Fsp3) is 0.645. The van der Waals surface area contributed by atoms with Crippen molar-refractivity contribution in [2.75, 3.05) is 0 Å². The third-order valence-corrected chi connectivity index (χ3v) is 10.7. The Morgan fingerprint density at radius 2 is 1.10 bits per heavy atom. The molecule has 4 atom stereocenters. The highest BCUT2D eigenvalue weighted by atomic mass is 16.4. The number of quaternary nitrogens is 1. The molecule has 1 aromatic rings. The van der Waals surface area contributed by atoms with Crippen molar-refractivity contribution >= 4 is 35.3 Å². The topological polar surface area (TPSA) is 178 Å². The summed E-state index contributed by atoms with van der Waals surface area (Å²) in [7, 11) is 0. The fourth-order valence-electron chi connectivity index (χ4n) is 8.73. The van der Waals surface area contributed by atoms with E-state index in [4.69, 9.17) is 11.5 Å². The number of carboxylic acid groups (broad SMARTS) is 2. The molecule has 1 aromatic carbocycles. The second-order valence-electron chi connectivity index (χ2n) is 12.6. The highest BCUT2D eigenvalue weighted by Crippen LogP contribution is 2.57. The Morgan fingerprint density at radius 1 is 0.683 bits per heavy atom. The quantitative estimate of drug-likeness (QED) is 0.335. The van der Waals surface area contributed by atoms with Gasteiger partial charge >= 0.3 is 17.8 Å².